The number of nitrogens with zero attached hydrogens (tertiary/aromatic N) is 1. The van der Waals surface area contributed by atoms with E-state index in [2.05, 4.69) is 11.6 Å². The van der Waals surface area contributed by atoms with Crippen LogP contribution in [0.15, 0.2) is 64.6 Å². The lowest BCUT2D eigenvalue weighted by Gasteiger charge is -2.08. The van der Waals surface area contributed by atoms with Gasteiger partial charge in [-0.05, 0) is 30.7 Å². The maximum atomic E-state index is 12.4. The first-order valence-electron chi connectivity index (χ1n) is 6.95. The molecule has 0 aliphatic carbocycles. The first-order chi connectivity index (χ1) is 11.1. The number of aromatic carboxylic acids is 1. The highest BCUT2D eigenvalue weighted by molar-refractivity contribution is 5.94. The van der Waals surface area contributed by atoms with E-state index in [-0.39, 0.29) is 16.4 Å². The van der Waals surface area contributed by atoms with Crippen molar-refractivity contribution in [1.82, 2.24) is 4.98 Å². The van der Waals surface area contributed by atoms with Gasteiger partial charge in [0.15, 0.2) is 5.43 Å². The number of carboxylic acids is 1. The number of carbonyl (C=O) groups is 1. The molecule has 5 heteroatoms. The van der Waals surface area contributed by atoms with Gasteiger partial charge in [0.1, 0.15) is 11.3 Å². The Hall–Kier alpha value is -3.21. The van der Waals surface area contributed by atoms with Crippen molar-refractivity contribution in [1.29, 1.82) is 0 Å². The van der Waals surface area contributed by atoms with Crippen LogP contribution in [0.3, 0.4) is 0 Å². The van der Waals surface area contributed by atoms with Crippen LogP contribution in [0.1, 0.15) is 15.9 Å². The van der Waals surface area contributed by atoms with Crippen LogP contribution in [0.5, 0.6) is 0 Å². The lowest BCUT2D eigenvalue weighted by atomic mass is 10.0. The fraction of sp³-hybridized carbons (Fsp3) is 0.0556. The maximum Gasteiger partial charge on any atom is 0.335 e. The van der Waals surface area contributed by atoms with Gasteiger partial charge in [-0.2, -0.15) is 0 Å². The van der Waals surface area contributed by atoms with E-state index in [0.29, 0.717) is 28.9 Å². The summed E-state index contributed by atoms with van der Waals surface area (Å²) < 4.78 is 5.87. The quantitative estimate of drug-likeness (QED) is 0.748. The Bertz CT molecular complexity index is 958. The molecule has 0 atom stereocenters. The molecular weight excluding hydrogens is 294 g/mol. The van der Waals surface area contributed by atoms with Crippen LogP contribution >= 0.6 is 0 Å². The molecule has 3 aromatic rings. The normalized spacial score (nSPS) is 10.6. The van der Waals surface area contributed by atoms with Crippen molar-refractivity contribution in [2.24, 2.45) is 0 Å². The topological polar surface area (TPSA) is 80.4 Å². The van der Waals surface area contributed by atoms with Crippen LogP contribution in [-0.4, -0.2) is 16.1 Å². The molecule has 0 fully saturated rings. The molecule has 0 saturated heterocycles. The van der Waals surface area contributed by atoms with E-state index in [9.17, 15) is 14.7 Å². The van der Waals surface area contributed by atoms with Crippen molar-refractivity contribution in [2.45, 2.75) is 6.42 Å². The average molecular weight is 307 g/mol. The van der Waals surface area contributed by atoms with Crippen molar-refractivity contribution in [2.75, 3.05) is 0 Å². The van der Waals surface area contributed by atoms with E-state index in [1.54, 1.807) is 30.6 Å². The third-order valence-corrected chi connectivity index (χ3v) is 3.46. The lowest BCUT2D eigenvalue weighted by Crippen LogP contribution is -2.06. The highest BCUT2D eigenvalue weighted by Crippen LogP contribution is 2.25. The molecule has 0 spiro atoms. The monoisotopic (exact) mass is 307 g/mol. The Morgan fingerprint density at radius 3 is 2.83 bits per heavy atom. The van der Waals surface area contributed by atoms with Crippen LogP contribution < -0.4 is 5.43 Å². The van der Waals surface area contributed by atoms with Gasteiger partial charge in [0.05, 0.1) is 10.9 Å². The maximum absolute atomic E-state index is 12.4. The molecule has 0 amide bonds. The molecular formula is C18H13NO4. The zero-order valence-electron chi connectivity index (χ0n) is 12.2. The van der Waals surface area contributed by atoms with Crippen molar-refractivity contribution < 1.29 is 14.3 Å². The zero-order valence-corrected chi connectivity index (χ0v) is 12.2. The zero-order chi connectivity index (χ0) is 16.4. The molecule has 0 bridgehead atoms. The van der Waals surface area contributed by atoms with Gasteiger partial charge in [-0.15, -0.1) is 6.58 Å². The number of allylic oxidation sites excluding steroid dienone is 1. The SMILES string of the molecule is C=CCc1cc(C(=O)O)cc2c(=O)cc(-c3cccnc3)oc12. The molecule has 0 aliphatic heterocycles. The summed E-state index contributed by atoms with van der Waals surface area (Å²) in [5, 5.41) is 9.44. The van der Waals surface area contributed by atoms with Crippen LogP contribution in [0.4, 0.5) is 0 Å². The van der Waals surface area contributed by atoms with Gasteiger partial charge in [0.2, 0.25) is 0 Å². The Morgan fingerprint density at radius 1 is 1.35 bits per heavy atom. The summed E-state index contributed by atoms with van der Waals surface area (Å²) in [7, 11) is 0. The second-order valence-corrected chi connectivity index (χ2v) is 5.03. The molecule has 0 saturated carbocycles. The number of hydrogen-bond donors (Lipinski definition) is 1. The number of aromatic nitrogens is 1. The summed E-state index contributed by atoms with van der Waals surface area (Å²) in [5.74, 6) is -0.697. The van der Waals surface area contributed by atoms with Gasteiger partial charge in [-0.1, -0.05) is 6.08 Å². The number of fused-ring (bicyclic) bond motifs is 1. The molecule has 1 N–H and O–H groups in total. The van der Waals surface area contributed by atoms with Crippen molar-refractivity contribution in [3.8, 4) is 11.3 Å². The fourth-order valence-electron chi connectivity index (χ4n) is 2.41. The minimum atomic E-state index is -1.09. The van der Waals surface area contributed by atoms with Gasteiger partial charge >= 0.3 is 5.97 Å². The summed E-state index contributed by atoms with van der Waals surface area (Å²) in [4.78, 5) is 27.6. The molecule has 3 rings (SSSR count). The average Bonchev–Trinajstić information content (AvgIpc) is 2.56. The molecule has 114 valence electrons. The molecule has 0 unspecified atom stereocenters. The van der Waals surface area contributed by atoms with Gasteiger partial charge in [-0.25, -0.2) is 4.79 Å². The largest absolute Gasteiger partial charge is 0.478 e. The van der Waals surface area contributed by atoms with E-state index >= 15 is 0 Å². The number of pyridine rings is 1. The molecule has 23 heavy (non-hydrogen) atoms. The highest BCUT2D eigenvalue weighted by Gasteiger charge is 2.14. The van der Waals surface area contributed by atoms with Crippen molar-refractivity contribution in [3.05, 3.63) is 76.7 Å². The smallest absolute Gasteiger partial charge is 0.335 e. The standard InChI is InChI=1S/C18H13NO4/c1-2-4-11-7-13(18(21)22)8-14-15(20)9-16(23-17(11)14)12-5-3-6-19-10-12/h2-3,5-10H,1,4H2,(H,21,22). The van der Waals surface area contributed by atoms with Crippen LogP contribution in [0.25, 0.3) is 22.3 Å². The number of benzene rings is 1. The third kappa shape index (κ3) is 2.76. The molecule has 0 radical (unpaired) electrons. The predicted molar refractivity (Wildman–Crippen MR) is 86.6 cm³/mol. The minimum absolute atomic E-state index is 0.0516. The van der Waals surface area contributed by atoms with Crippen LogP contribution in [0, 0.1) is 0 Å². The van der Waals surface area contributed by atoms with Gasteiger partial charge < -0.3 is 9.52 Å². The van der Waals surface area contributed by atoms with Gasteiger partial charge in [0, 0.05) is 29.6 Å². The van der Waals surface area contributed by atoms with Crippen molar-refractivity contribution >= 4 is 16.9 Å². The number of hydrogen-bond acceptors (Lipinski definition) is 4. The first-order valence-corrected chi connectivity index (χ1v) is 6.95. The van der Waals surface area contributed by atoms with E-state index in [4.69, 9.17) is 4.42 Å². The predicted octanol–water partition coefficient (Wildman–Crippen LogP) is 3.28. The van der Waals surface area contributed by atoms with E-state index < -0.39 is 5.97 Å². The van der Waals surface area contributed by atoms with Crippen LogP contribution in [-0.2, 0) is 6.42 Å². The lowest BCUT2D eigenvalue weighted by molar-refractivity contribution is 0.0697. The Morgan fingerprint density at radius 2 is 2.17 bits per heavy atom. The Labute approximate surface area is 131 Å². The number of carboxylic acid groups (broad SMARTS) is 1. The molecule has 2 heterocycles. The van der Waals surface area contributed by atoms with Crippen molar-refractivity contribution in [3.63, 3.8) is 0 Å². The highest BCUT2D eigenvalue weighted by atomic mass is 16.4. The molecule has 2 aromatic heterocycles. The number of rotatable bonds is 4. The van der Waals surface area contributed by atoms with Gasteiger partial charge in [0.25, 0.3) is 0 Å². The minimum Gasteiger partial charge on any atom is -0.478 e. The summed E-state index contributed by atoms with van der Waals surface area (Å²) in [6, 6.07) is 7.72. The van der Waals surface area contributed by atoms with E-state index in [1.165, 1.54) is 18.2 Å². The summed E-state index contributed by atoms with van der Waals surface area (Å²) >= 11 is 0. The van der Waals surface area contributed by atoms with Crippen LogP contribution in [0.2, 0.25) is 0 Å². The second-order valence-electron chi connectivity index (χ2n) is 5.03. The summed E-state index contributed by atoms with van der Waals surface area (Å²) in [6.45, 7) is 3.66. The third-order valence-electron chi connectivity index (χ3n) is 3.46. The molecule has 5 nitrogen and oxygen atoms in total. The van der Waals surface area contributed by atoms with Gasteiger partial charge in [-0.3, -0.25) is 9.78 Å². The van der Waals surface area contributed by atoms with E-state index in [0.717, 1.165) is 0 Å². The van der Waals surface area contributed by atoms with E-state index in [1.807, 2.05) is 0 Å². The fourth-order valence-corrected chi connectivity index (χ4v) is 2.41. The second kappa shape index (κ2) is 5.88. The molecule has 0 aliphatic rings. The summed E-state index contributed by atoms with van der Waals surface area (Å²) in [5.41, 5.74) is 1.42. The Kier molecular flexibility index (Phi) is 3.76. The Balaban J connectivity index is 2.33. The first kappa shape index (κ1) is 14.7. The summed E-state index contributed by atoms with van der Waals surface area (Å²) in [6.07, 6.45) is 5.27. The molecule has 1 aromatic carbocycles.